The zero-order valence-electron chi connectivity index (χ0n) is 13.5. The molecular formula is C20H15N5. The first-order chi connectivity index (χ1) is 12.4. The summed E-state index contributed by atoms with van der Waals surface area (Å²) in [7, 11) is 0. The Labute approximate surface area is 145 Å². The number of hydrogen-bond acceptors (Lipinski definition) is 5. The van der Waals surface area contributed by atoms with E-state index in [4.69, 9.17) is 0 Å². The van der Waals surface area contributed by atoms with E-state index in [0.29, 0.717) is 18.0 Å². The summed E-state index contributed by atoms with van der Waals surface area (Å²) >= 11 is 0. The molecular weight excluding hydrogens is 310 g/mol. The van der Waals surface area contributed by atoms with Crippen molar-refractivity contribution in [3.63, 3.8) is 0 Å². The Morgan fingerprint density at radius 2 is 1.20 bits per heavy atom. The summed E-state index contributed by atoms with van der Waals surface area (Å²) in [5.74, 6) is 0.521. The van der Waals surface area contributed by atoms with Gasteiger partial charge in [0.1, 0.15) is 0 Å². The first kappa shape index (κ1) is 12.4. The predicted molar refractivity (Wildman–Crippen MR) is 94.7 cm³/mol. The van der Waals surface area contributed by atoms with Crippen LogP contribution in [0.5, 0.6) is 0 Å². The number of aromatic nitrogens is 3. The van der Waals surface area contributed by atoms with Gasteiger partial charge in [0, 0.05) is 36.0 Å². The second-order valence-corrected chi connectivity index (χ2v) is 7.41. The first-order valence-corrected chi connectivity index (χ1v) is 8.84. The molecule has 0 radical (unpaired) electrons. The number of hydrogen-bond donors (Lipinski definition) is 0. The standard InChI is InChI=1S/C20H15N5/c1-3-21-7-15-11(1)5-13-19-14-6-12-2-4-22-8-16(12)25(14)18-10-23-9-17(20(18)19)24(13)15/h1-4,7-10,13-14,19H,5-6H2. The molecule has 0 spiro atoms. The molecule has 0 amide bonds. The van der Waals surface area contributed by atoms with Gasteiger partial charge in [-0.3, -0.25) is 15.0 Å². The van der Waals surface area contributed by atoms with Crippen LogP contribution in [0.4, 0.5) is 22.7 Å². The van der Waals surface area contributed by atoms with Crippen molar-refractivity contribution in [2.45, 2.75) is 30.8 Å². The van der Waals surface area contributed by atoms with E-state index in [1.54, 1.807) is 0 Å². The normalized spacial score (nSPS) is 26.3. The molecule has 2 unspecified atom stereocenters. The van der Waals surface area contributed by atoms with Crippen LogP contribution in [0.15, 0.2) is 49.3 Å². The van der Waals surface area contributed by atoms with Gasteiger partial charge >= 0.3 is 0 Å². The molecule has 0 aliphatic carbocycles. The first-order valence-electron chi connectivity index (χ1n) is 8.84. The highest BCUT2D eigenvalue weighted by Gasteiger charge is 2.56. The van der Waals surface area contributed by atoms with Gasteiger partial charge in [-0.2, -0.15) is 0 Å². The summed E-state index contributed by atoms with van der Waals surface area (Å²) in [6.45, 7) is 0. The lowest BCUT2D eigenvalue weighted by atomic mass is 9.87. The third kappa shape index (κ3) is 1.29. The van der Waals surface area contributed by atoms with Crippen molar-refractivity contribution in [1.82, 2.24) is 15.0 Å². The zero-order chi connectivity index (χ0) is 16.1. The molecule has 0 saturated heterocycles. The van der Waals surface area contributed by atoms with Gasteiger partial charge in [-0.05, 0) is 36.1 Å². The van der Waals surface area contributed by atoms with Crippen LogP contribution in [0.2, 0.25) is 0 Å². The molecule has 7 rings (SSSR count). The Morgan fingerprint density at radius 3 is 1.76 bits per heavy atom. The highest BCUT2D eigenvalue weighted by atomic mass is 15.3. The topological polar surface area (TPSA) is 45.2 Å². The molecule has 5 nitrogen and oxygen atoms in total. The lowest BCUT2D eigenvalue weighted by molar-refractivity contribution is 0.504. The number of rotatable bonds is 0. The van der Waals surface area contributed by atoms with Gasteiger partial charge in [0.05, 0.1) is 47.5 Å². The Morgan fingerprint density at radius 1 is 0.680 bits per heavy atom. The molecule has 3 aromatic rings. The molecule has 7 heterocycles. The minimum atomic E-state index is 0.481. The molecule has 4 aliphatic rings. The number of fused-ring (bicyclic) bond motifs is 10. The molecule has 5 heteroatoms. The van der Waals surface area contributed by atoms with Crippen molar-refractivity contribution in [1.29, 1.82) is 0 Å². The smallest absolute Gasteiger partial charge is 0.0658 e. The van der Waals surface area contributed by atoms with Crippen LogP contribution in [0, 0.1) is 0 Å². The van der Waals surface area contributed by atoms with Crippen molar-refractivity contribution in [3.8, 4) is 0 Å². The average molecular weight is 325 g/mol. The summed E-state index contributed by atoms with van der Waals surface area (Å²) in [5, 5.41) is 0. The fourth-order valence-corrected chi connectivity index (χ4v) is 5.61. The molecule has 0 fully saturated rings. The third-order valence-electron chi connectivity index (χ3n) is 6.44. The van der Waals surface area contributed by atoms with Crippen molar-refractivity contribution < 1.29 is 0 Å². The van der Waals surface area contributed by atoms with E-state index in [2.05, 4.69) is 36.9 Å². The second-order valence-electron chi connectivity index (χ2n) is 7.41. The Hall–Kier alpha value is -2.95. The Bertz CT molecular complexity index is 982. The molecule has 0 bridgehead atoms. The van der Waals surface area contributed by atoms with Crippen LogP contribution in [-0.2, 0) is 12.8 Å². The largest absolute Gasteiger partial charge is 0.334 e. The monoisotopic (exact) mass is 325 g/mol. The van der Waals surface area contributed by atoms with Gasteiger partial charge < -0.3 is 9.80 Å². The van der Waals surface area contributed by atoms with E-state index in [-0.39, 0.29) is 0 Å². The van der Waals surface area contributed by atoms with Gasteiger partial charge in [-0.25, -0.2) is 0 Å². The summed E-state index contributed by atoms with van der Waals surface area (Å²) in [6, 6.07) is 5.30. The maximum atomic E-state index is 4.60. The van der Waals surface area contributed by atoms with Crippen molar-refractivity contribution in [2.24, 2.45) is 0 Å². The van der Waals surface area contributed by atoms with Crippen molar-refractivity contribution >= 4 is 22.7 Å². The van der Waals surface area contributed by atoms with E-state index in [0.717, 1.165) is 12.8 Å². The fourth-order valence-electron chi connectivity index (χ4n) is 5.61. The Balaban J connectivity index is 1.48. The summed E-state index contributed by atoms with van der Waals surface area (Å²) < 4.78 is 0. The van der Waals surface area contributed by atoms with Crippen LogP contribution in [-0.4, -0.2) is 27.0 Å². The van der Waals surface area contributed by atoms with Crippen LogP contribution in [0.25, 0.3) is 0 Å². The zero-order valence-corrected chi connectivity index (χ0v) is 13.5. The van der Waals surface area contributed by atoms with E-state index >= 15 is 0 Å². The SMILES string of the molecule is c1cc2c(cn1)N1c3cncc4c3C(C1C2)C1Cc2ccncc2N41. The lowest BCUT2D eigenvalue weighted by Gasteiger charge is -2.29. The van der Waals surface area contributed by atoms with Crippen LogP contribution >= 0.6 is 0 Å². The molecule has 0 N–H and O–H groups in total. The lowest BCUT2D eigenvalue weighted by Crippen LogP contribution is -2.37. The van der Waals surface area contributed by atoms with Crippen LogP contribution < -0.4 is 9.80 Å². The number of pyridine rings is 3. The summed E-state index contributed by atoms with van der Waals surface area (Å²) in [4.78, 5) is 18.3. The quantitative estimate of drug-likeness (QED) is 0.635. The highest BCUT2D eigenvalue weighted by Crippen LogP contribution is 2.62. The summed E-state index contributed by atoms with van der Waals surface area (Å²) in [6.07, 6.45) is 14.1. The summed E-state index contributed by atoms with van der Waals surface area (Å²) in [5.41, 5.74) is 9.38. The molecule has 3 aromatic heterocycles. The molecule has 4 aliphatic heterocycles. The fraction of sp³-hybridized carbons (Fsp3) is 0.250. The highest BCUT2D eigenvalue weighted by molar-refractivity contribution is 5.88. The molecule has 120 valence electrons. The van der Waals surface area contributed by atoms with Crippen LogP contribution in [0.3, 0.4) is 0 Å². The molecule has 0 saturated carbocycles. The minimum absolute atomic E-state index is 0.481. The maximum absolute atomic E-state index is 4.60. The van der Waals surface area contributed by atoms with E-state index in [9.17, 15) is 0 Å². The third-order valence-corrected chi connectivity index (χ3v) is 6.44. The van der Waals surface area contributed by atoms with Crippen molar-refractivity contribution in [3.05, 3.63) is 66.0 Å². The molecule has 0 aromatic carbocycles. The molecule has 2 atom stereocenters. The van der Waals surface area contributed by atoms with Crippen molar-refractivity contribution in [2.75, 3.05) is 9.80 Å². The van der Waals surface area contributed by atoms with E-state index in [1.807, 2.05) is 37.2 Å². The van der Waals surface area contributed by atoms with Gasteiger partial charge in [-0.1, -0.05) is 0 Å². The van der Waals surface area contributed by atoms with Gasteiger partial charge in [0.15, 0.2) is 0 Å². The van der Waals surface area contributed by atoms with Crippen LogP contribution in [0.1, 0.15) is 22.6 Å². The molecule has 25 heavy (non-hydrogen) atoms. The van der Waals surface area contributed by atoms with Gasteiger partial charge in [-0.15, -0.1) is 0 Å². The maximum Gasteiger partial charge on any atom is 0.0658 e. The predicted octanol–water partition coefficient (Wildman–Crippen LogP) is 3.11. The number of nitrogens with zero attached hydrogens (tertiary/aromatic N) is 5. The van der Waals surface area contributed by atoms with Gasteiger partial charge in [0.25, 0.3) is 0 Å². The van der Waals surface area contributed by atoms with Gasteiger partial charge in [0.2, 0.25) is 0 Å². The van der Waals surface area contributed by atoms with E-state index in [1.165, 1.54) is 39.4 Å². The number of anilines is 4. The van der Waals surface area contributed by atoms with E-state index < -0.39 is 0 Å². The minimum Gasteiger partial charge on any atom is -0.334 e. The Kier molecular flexibility index (Phi) is 1.98. The second kappa shape index (κ2) is 3.99. The average Bonchev–Trinajstić information content (AvgIpc) is 3.35.